The van der Waals surface area contributed by atoms with Gasteiger partial charge >= 0.3 is 30.2 Å². The molecule has 9 aliphatic heterocycles. The number of ether oxygens (including phenoxy) is 10. The maximum atomic E-state index is 12.9. The lowest BCUT2D eigenvalue weighted by Gasteiger charge is -2.38. The second-order valence-corrected chi connectivity index (χ2v) is 36.3. The molecule has 0 radical (unpaired) electrons. The predicted molar refractivity (Wildman–Crippen MR) is 535 cm³/mol. The SMILES string of the molecule is C=CC(=O)N1CCN(c2nc(OCCCN3CCOCC3)nc3c2CCN(c2cc(O)cc4cccnc24)C3)CC1.COCOc1cc(Br)c2ncccc2c1.Cc1cc(N2CCc3c(nc(OCCCN4CCOCC4)nc3N3CCN(C(=O)OCc4ccccc4)CC3)C2)c2ncccc2c1.O=C(OCc1ccccc1)N1CCN(c2nc(OCCCN3CCOCC3)nc3c2CCNC3)CC1. The highest BCUT2D eigenvalue weighted by atomic mass is 79.9. The lowest BCUT2D eigenvalue weighted by Crippen LogP contribution is -2.49. The Balaban J connectivity index is 0.000000135. The number of pyridine rings is 3. The van der Waals surface area contributed by atoms with Gasteiger partial charge in [0, 0.05) is 226 Å². The average molecular weight is 1960 g/mol. The number of carbonyl (C=O) groups is 3. The Morgan fingerprint density at radius 1 is 0.446 bits per heavy atom. The molecule has 0 spiro atoms. The average Bonchev–Trinajstić information content (AvgIpc) is 0.769. The van der Waals surface area contributed by atoms with E-state index in [1.807, 2.05) is 114 Å². The van der Waals surface area contributed by atoms with Crippen molar-refractivity contribution in [1.82, 2.24) is 79.6 Å². The number of phenols is 1. The summed E-state index contributed by atoms with van der Waals surface area (Å²) in [6.07, 6.45) is 11.4. The van der Waals surface area contributed by atoms with Gasteiger partial charge in [0.2, 0.25) is 5.91 Å². The van der Waals surface area contributed by atoms with Gasteiger partial charge in [-0.25, -0.2) is 9.59 Å². The number of amides is 3. The third-order valence-electron chi connectivity index (χ3n) is 26.1. The van der Waals surface area contributed by atoms with Gasteiger partial charge < -0.3 is 97.0 Å². The molecule has 9 aliphatic rings. The largest absolute Gasteiger partial charge is 0.508 e. The van der Waals surface area contributed by atoms with Gasteiger partial charge in [0.1, 0.15) is 42.2 Å². The number of halogens is 1. The fourth-order valence-electron chi connectivity index (χ4n) is 18.7. The number of hydrogen-bond donors (Lipinski definition) is 2. The molecule has 0 bridgehead atoms. The third-order valence-corrected chi connectivity index (χ3v) is 26.7. The standard InChI is InChI=1S/C36H43N7O4.C30H37N7O4.C26H36N6O4.C11H10BrNO2/c1-27-23-29-9-5-11-37-33(29)32(24-27)43-13-10-30-31(25-43)38-35(46-20-6-12-40-18-21-45-22-19-40)39-34(30)41-14-16-42(17-15-41)36(44)47-26-28-7-3-2-4-8-28;1-2-27(39)35-10-12-36(13-11-35)29-24-6-9-37(26-20-23(38)19-22-5-3-7-31-28(22)26)21-25(24)32-30(33-29)41-16-4-8-34-14-17-40-18-15-34;33-26(36-20-21-5-2-1-3-6-21)32-12-10-31(11-13-32)24-22-7-8-27-19-23(22)28-25(29-24)35-16-4-9-30-14-17-34-18-15-30;1-14-7-15-9-5-8-3-2-4-13-11(8)10(12)6-9/h2-5,7-9,11,23-24H,6,10,12-22,25-26H2,1H3;2-3,5,7,19-20,38H,1,4,6,8-18,21H2;1-3,5-6,27H,4,7-20H2;2-6H,7H2,1H3. The highest BCUT2D eigenvalue weighted by Crippen LogP contribution is 2.39. The molecule has 36 heteroatoms. The van der Waals surface area contributed by atoms with E-state index in [0.29, 0.717) is 136 Å². The minimum Gasteiger partial charge on any atom is -0.508 e. The van der Waals surface area contributed by atoms with Crippen LogP contribution in [0.1, 0.15) is 69.7 Å². The van der Waals surface area contributed by atoms with Crippen molar-refractivity contribution in [3.63, 3.8) is 0 Å². The minimum atomic E-state index is -0.280. The molecule has 6 fully saturated rings. The van der Waals surface area contributed by atoms with E-state index in [-0.39, 0.29) is 37.2 Å². The number of hydrogen-bond acceptors (Lipinski definition) is 32. The first kappa shape index (κ1) is 98.1. The van der Waals surface area contributed by atoms with Gasteiger partial charge in [0.25, 0.3) is 0 Å². The van der Waals surface area contributed by atoms with E-state index < -0.39 is 0 Å². The summed E-state index contributed by atoms with van der Waals surface area (Å²) >= 11 is 3.46. The van der Waals surface area contributed by atoms with Crippen molar-refractivity contribution in [2.24, 2.45) is 0 Å². The van der Waals surface area contributed by atoms with Crippen molar-refractivity contribution in [2.75, 3.05) is 255 Å². The van der Waals surface area contributed by atoms with Crippen molar-refractivity contribution in [3.05, 3.63) is 220 Å². The number of phenolic OH excluding ortho intramolecular Hbond substituents is 1. The number of nitrogens with one attached hydrogen (secondary N) is 1. The highest BCUT2D eigenvalue weighted by molar-refractivity contribution is 9.10. The molecule has 0 saturated carbocycles. The Bertz CT molecular complexity index is 5910. The first-order valence-corrected chi connectivity index (χ1v) is 49.4. The molecule has 3 amide bonds. The molecule has 734 valence electrons. The third kappa shape index (κ3) is 26.5. The van der Waals surface area contributed by atoms with Crippen LogP contribution in [0.2, 0.25) is 0 Å². The summed E-state index contributed by atoms with van der Waals surface area (Å²) < 4.78 is 57.0. The van der Waals surface area contributed by atoms with Gasteiger partial charge in [0.15, 0.2) is 6.79 Å². The summed E-state index contributed by atoms with van der Waals surface area (Å²) in [7, 11) is 1.59. The van der Waals surface area contributed by atoms with E-state index >= 15 is 0 Å². The van der Waals surface area contributed by atoms with Gasteiger partial charge in [-0.05, 0) is 139 Å². The Labute approximate surface area is 819 Å². The topological polar surface area (TPSA) is 327 Å². The zero-order chi connectivity index (χ0) is 95.4. The van der Waals surface area contributed by atoms with E-state index in [1.165, 1.54) is 17.2 Å². The molecule has 0 atom stereocenters. The Hall–Kier alpha value is -12.5. The number of carbonyl (C=O) groups excluding carboxylic acids is 3. The summed E-state index contributed by atoms with van der Waals surface area (Å²) in [5.74, 6) is 3.70. The molecule has 0 aliphatic carbocycles. The minimum absolute atomic E-state index is 0.0405. The molecule has 35 nitrogen and oxygen atoms in total. The van der Waals surface area contributed by atoms with Gasteiger partial charge in [-0.1, -0.05) is 85.4 Å². The number of methoxy groups -OCH3 is 1. The molecule has 11 aromatic rings. The van der Waals surface area contributed by atoms with Gasteiger partial charge in [-0.3, -0.25) is 34.4 Å². The lowest BCUT2D eigenvalue weighted by atomic mass is 10.0. The molecular formula is C103H126BrN21O14. The maximum Gasteiger partial charge on any atom is 0.410 e. The van der Waals surface area contributed by atoms with Crippen LogP contribution in [0.25, 0.3) is 32.7 Å². The van der Waals surface area contributed by atoms with Crippen molar-refractivity contribution in [3.8, 4) is 29.5 Å². The molecule has 6 saturated heterocycles. The van der Waals surface area contributed by atoms with E-state index in [4.69, 9.17) is 82.3 Å². The van der Waals surface area contributed by atoms with Crippen LogP contribution >= 0.6 is 15.9 Å². The number of nitrogens with zero attached hydrogens (tertiary/aromatic N) is 20. The number of aryl methyl sites for hydroxylation is 1. The molecule has 6 aromatic heterocycles. The molecule has 20 rings (SSSR count). The Morgan fingerprint density at radius 3 is 1.32 bits per heavy atom. The van der Waals surface area contributed by atoms with Crippen LogP contribution in [0.15, 0.2) is 169 Å². The monoisotopic (exact) mass is 1960 g/mol. The lowest BCUT2D eigenvalue weighted by molar-refractivity contribution is -0.126. The van der Waals surface area contributed by atoms with E-state index in [0.717, 1.165) is 274 Å². The number of benzene rings is 5. The van der Waals surface area contributed by atoms with E-state index in [2.05, 4.69) is 102 Å². The van der Waals surface area contributed by atoms with Crippen LogP contribution in [0.4, 0.5) is 38.4 Å². The molecular weight excluding hydrogens is 1840 g/mol. The fourth-order valence-corrected chi connectivity index (χ4v) is 19.3. The van der Waals surface area contributed by atoms with Crippen molar-refractivity contribution < 1.29 is 66.9 Å². The van der Waals surface area contributed by atoms with Crippen molar-refractivity contribution >= 4 is 95.6 Å². The van der Waals surface area contributed by atoms with Crippen LogP contribution in [0.5, 0.6) is 29.5 Å². The first-order chi connectivity index (χ1) is 68.3. The van der Waals surface area contributed by atoms with Crippen molar-refractivity contribution in [2.45, 2.75) is 78.3 Å². The Morgan fingerprint density at radius 2 is 0.863 bits per heavy atom. The first-order valence-electron chi connectivity index (χ1n) is 48.6. The second kappa shape index (κ2) is 49.4. The summed E-state index contributed by atoms with van der Waals surface area (Å²) in [5.41, 5.74) is 14.4. The van der Waals surface area contributed by atoms with Crippen LogP contribution in [0, 0.1) is 6.92 Å². The van der Waals surface area contributed by atoms with Crippen LogP contribution < -0.4 is 48.8 Å². The van der Waals surface area contributed by atoms with Crippen LogP contribution in [0.3, 0.4) is 0 Å². The zero-order valence-electron chi connectivity index (χ0n) is 79.6. The molecule has 0 unspecified atom stereocenters. The normalized spacial score (nSPS) is 17.0. The molecule has 15 heterocycles. The molecule has 5 aromatic carbocycles. The molecule has 139 heavy (non-hydrogen) atoms. The number of anilines is 5. The number of morpholine rings is 3. The quantitative estimate of drug-likeness (QED) is 0.0261. The van der Waals surface area contributed by atoms with Gasteiger partial charge in [-0.15, -0.1) is 0 Å². The van der Waals surface area contributed by atoms with E-state index in [9.17, 15) is 19.5 Å². The number of rotatable bonds is 28. The predicted octanol–water partition coefficient (Wildman–Crippen LogP) is 11.3. The number of aromatic nitrogens is 9. The van der Waals surface area contributed by atoms with Gasteiger partial charge in [0.05, 0.1) is 118 Å². The summed E-state index contributed by atoms with van der Waals surface area (Å²) in [6, 6.07) is 44.4. The van der Waals surface area contributed by atoms with Gasteiger partial charge in [-0.2, -0.15) is 29.9 Å². The van der Waals surface area contributed by atoms with Crippen LogP contribution in [-0.4, -0.2) is 328 Å². The van der Waals surface area contributed by atoms with E-state index in [1.54, 1.807) is 41.4 Å². The fraction of sp³-hybridized carbons (Fsp3) is 0.456. The number of fused-ring (bicyclic) bond motifs is 6. The maximum absolute atomic E-state index is 12.9. The Kier molecular flexibility index (Phi) is 34.8. The van der Waals surface area contributed by atoms with Crippen LogP contribution in [-0.2, 0) is 85.3 Å². The second-order valence-electron chi connectivity index (χ2n) is 35.5. The number of piperazine rings is 3. The van der Waals surface area contributed by atoms with Crippen molar-refractivity contribution in [1.29, 1.82) is 0 Å². The smallest absolute Gasteiger partial charge is 0.410 e. The summed E-state index contributed by atoms with van der Waals surface area (Å²) in [6.45, 7) is 33.8. The zero-order valence-corrected chi connectivity index (χ0v) is 81.2. The molecule has 2 N–H and O–H groups in total. The summed E-state index contributed by atoms with van der Waals surface area (Å²) in [5, 5.41) is 16.9. The highest BCUT2D eigenvalue weighted by Gasteiger charge is 2.35. The summed E-state index contributed by atoms with van der Waals surface area (Å²) in [4.78, 5) is 105. The number of aromatic hydroxyl groups is 1.